The van der Waals surface area contributed by atoms with E-state index in [9.17, 15) is 14.0 Å². The molecule has 148 valence electrons. The number of hydrogen-bond acceptors (Lipinski definition) is 7. The van der Waals surface area contributed by atoms with Gasteiger partial charge in [-0.15, -0.1) is 11.3 Å². The lowest BCUT2D eigenvalue weighted by Crippen LogP contribution is -2.36. The number of carbonyl (C=O) groups is 2. The maximum atomic E-state index is 13.7. The first-order valence-electron chi connectivity index (χ1n) is 8.91. The second kappa shape index (κ2) is 8.41. The zero-order valence-corrected chi connectivity index (χ0v) is 16.1. The lowest BCUT2D eigenvalue weighted by Gasteiger charge is -2.25. The van der Waals surface area contributed by atoms with E-state index in [4.69, 9.17) is 0 Å². The van der Waals surface area contributed by atoms with Crippen LogP contribution in [0.15, 0.2) is 42.9 Å². The van der Waals surface area contributed by atoms with Crippen LogP contribution in [0.2, 0.25) is 0 Å². The zero-order valence-electron chi connectivity index (χ0n) is 15.3. The van der Waals surface area contributed by atoms with Crippen molar-refractivity contribution < 1.29 is 14.0 Å². The molecule has 0 aliphatic carbocycles. The Hall–Kier alpha value is -3.24. The van der Waals surface area contributed by atoms with Crippen molar-refractivity contribution in [2.75, 3.05) is 23.7 Å². The van der Waals surface area contributed by atoms with Crippen molar-refractivity contribution in [3.63, 3.8) is 0 Å². The van der Waals surface area contributed by atoms with Gasteiger partial charge in [0.25, 0.3) is 5.91 Å². The standard InChI is InChI=1S/C19H17FN6O2S/c20-12-3-1-2-4-13(12)23-17(27)11-26-8-5-14-16(10-26)29-19(24-14)25-18(28)15-9-21-6-7-22-15/h1-4,6-7,9H,5,8,10-11H2,(H,23,27)(H,24,25,28). The molecular formula is C19H17FN6O2S. The highest BCUT2D eigenvalue weighted by Crippen LogP contribution is 2.28. The number of amides is 2. The van der Waals surface area contributed by atoms with Crippen LogP contribution in [0.1, 0.15) is 21.1 Å². The molecule has 1 aliphatic heterocycles. The van der Waals surface area contributed by atoms with Crippen LogP contribution >= 0.6 is 11.3 Å². The van der Waals surface area contributed by atoms with Crippen molar-refractivity contribution >= 4 is 34.0 Å². The fourth-order valence-corrected chi connectivity index (χ4v) is 4.02. The normalized spacial score (nSPS) is 13.6. The molecule has 10 heteroatoms. The van der Waals surface area contributed by atoms with Gasteiger partial charge in [0.15, 0.2) is 5.13 Å². The number of halogens is 1. The highest BCUT2D eigenvalue weighted by molar-refractivity contribution is 7.15. The number of nitrogens with zero attached hydrogens (tertiary/aromatic N) is 4. The minimum Gasteiger partial charge on any atom is -0.322 e. The topological polar surface area (TPSA) is 100 Å². The third-order valence-electron chi connectivity index (χ3n) is 4.34. The third kappa shape index (κ3) is 4.61. The Labute approximate surface area is 169 Å². The van der Waals surface area contributed by atoms with Gasteiger partial charge in [-0.25, -0.2) is 14.4 Å². The summed E-state index contributed by atoms with van der Waals surface area (Å²) in [6, 6.07) is 6.06. The van der Waals surface area contributed by atoms with Crippen LogP contribution in [0.25, 0.3) is 0 Å². The molecule has 0 atom stereocenters. The Morgan fingerprint density at radius 3 is 2.86 bits per heavy atom. The zero-order chi connectivity index (χ0) is 20.2. The molecule has 0 radical (unpaired) electrons. The summed E-state index contributed by atoms with van der Waals surface area (Å²) in [4.78, 5) is 39.7. The largest absolute Gasteiger partial charge is 0.322 e. The van der Waals surface area contributed by atoms with Gasteiger partial charge in [0, 0.05) is 36.8 Å². The van der Waals surface area contributed by atoms with Crippen LogP contribution in [0.3, 0.4) is 0 Å². The Morgan fingerprint density at radius 1 is 1.21 bits per heavy atom. The Kier molecular flexibility index (Phi) is 5.54. The van der Waals surface area contributed by atoms with Gasteiger partial charge >= 0.3 is 0 Å². The van der Waals surface area contributed by atoms with Gasteiger partial charge in [-0.3, -0.25) is 24.8 Å². The van der Waals surface area contributed by atoms with Crippen LogP contribution in [0, 0.1) is 5.82 Å². The maximum Gasteiger partial charge on any atom is 0.277 e. The van der Waals surface area contributed by atoms with E-state index in [1.165, 1.54) is 42.1 Å². The van der Waals surface area contributed by atoms with Crippen LogP contribution in [0.5, 0.6) is 0 Å². The van der Waals surface area contributed by atoms with Gasteiger partial charge in [-0.1, -0.05) is 12.1 Å². The highest BCUT2D eigenvalue weighted by atomic mass is 32.1. The van der Waals surface area contributed by atoms with Crippen molar-refractivity contribution in [3.05, 3.63) is 64.9 Å². The molecule has 0 bridgehead atoms. The minimum atomic E-state index is -0.465. The van der Waals surface area contributed by atoms with Crippen LogP contribution < -0.4 is 10.6 Å². The summed E-state index contributed by atoms with van der Waals surface area (Å²) in [5.41, 5.74) is 1.30. The van der Waals surface area contributed by atoms with Gasteiger partial charge in [0.05, 0.1) is 24.1 Å². The SMILES string of the molecule is O=C(CN1CCc2nc(NC(=O)c3cnccn3)sc2C1)Nc1ccccc1F. The predicted octanol–water partition coefficient (Wildman–Crippen LogP) is 2.32. The highest BCUT2D eigenvalue weighted by Gasteiger charge is 2.23. The smallest absolute Gasteiger partial charge is 0.277 e. The molecule has 0 spiro atoms. The average Bonchev–Trinajstić information content (AvgIpc) is 3.12. The molecule has 0 saturated heterocycles. The maximum absolute atomic E-state index is 13.7. The van der Waals surface area contributed by atoms with E-state index in [0.29, 0.717) is 24.6 Å². The summed E-state index contributed by atoms with van der Waals surface area (Å²) in [6.07, 6.45) is 5.00. The van der Waals surface area contributed by atoms with E-state index in [2.05, 4.69) is 25.6 Å². The molecule has 4 rings (SSSR count). The molecule has 0 unspecified atom stereocenters. The van der Waals surface area contributed by atoms with Crippen molar-refractivity contribution in [1.29, 1.82) is 0 Å². The Bertz CT molecular complexity index is 1040. The summed E-state index contributed by atoms with van der Waals surface area (Å²) in [7, 11) is 0. The first-order valence-corrected chi connectivity index (χ1v) is 9.73. The van der Waals surface area contributed by atoms with E-state index in [-0.39, 0.29) is 29.7 Å². The Morgan fingerprint density at radius 2 is 2.07 bits per heavy atom. The van der Waals surface area contributed by atoms with Crippen molar-refractivity contribution in [1.82, 2.24) is 19.9 Å². The van der Waals surface area contributed by atoms with Gasteiger partial charge in [-0.2, -0.15) is 0 Å². The lowest BCUT2D eigenvalue weighted by molar-refractivity contribution is -0.117. The van der Waals surface area contributed by atoms with Gasteiger partial charge < -0.3 is 5.32 Å². The number of carbonyl (C=O) groups excluding carboxylic acids is 2. The van der Waals surface area contributed by atoms with E-state index in [1.807, 2.05) is 4.90 Å². The molecular weight excluding hydrogens is 395 g/mol. The summed E-state index contributed by atoms with van der Waals surface area (Å²) in [5.74, 6) is -1.11. The van der Waals surface area contributed by atoms with E-state index in [1.54, 1.807) is 12.1 Å². The predicted molar refractivity (Wildman–Crippen MR) is 106 cm³/mol. The first kappa shape index (κ1) is 19.1. The number of nitrogens with one attached hydrogen (secondary N) is 2. The van der Waals surface area contributed by atoms with Crippen LogP contribution in [0.4, 0.5) is 15.2 Å². The second-order valence-electron chi connectivity index (χ2n) is 6.42. The molecule has 1 aromatic carbocycles. The molecule has 1 aliphatic rings. The summed E-state index contributed by atoms with van der Waals surface area (Å²) in [6.45, 7) is 1.34. The third-order valence-corrected chi connectivity index (χ3v) is 5.34. The fourth-order valence-electron chi connectivity index (χ4n) is 2.97. The van der Waals surface area contributed by atoms with E-state index in [0.717, 1.165) is 10.6 Å². The van der Waals surface area contributed by atoms with E-state index < -0.39 is 5.82 Å². The number of anilines is 2. The first-order chi connectivity index (χ1) is 14.1. The molecule has 2 amide bonds. The van der Waals surface area contributed by atoms with Gasteiger partial charge in [0.1, 0.15) is 11.5 Å². The number of fused-ring (bicyclic) bond motifs is 1. The number of thiazole rings is 1. The molecule has 3 aromatic rings. The lowest BCUT2D eigenvalue weighted by atomic mass is 10.2. The molecule has 0 fully saturated rings. The minimum absolute atomic E-state index is 0.146. The van der Waals surface area contributed by atoms with Crippen molar-refractivity contribution in [3.8, 4) is 0 Å². The molecule has 8 nitrogen and oxygen atoms in total. The van der Waals surface area contributed by atoms with Gasteiger partial charge in [-0.05, 0) is 12.1 Å². The quantitative estimate of drug-likeness (QED) is 0.667. The number of hydrogen-bond donors (Lipinski definition) is 2. The van der Waals surface area contributed by atoms with E-state index >= 15 is 0 Å². The van der Waals surface area contributed by atoms with Crippen molar-refractivity contribution in [2.45, 2.75) is 13.0 Å². The number of benzene rings is 1. The summed E-state index contributed by atoms with van der Waals surface area (Å²) >= 11 is 1.37. The molecule has 2 N–H and O–H groups in total. The Balaban J connectivity index is 1.36. The molecule has 29 heavy (non-hydrogen) atoms. The van der Waals surface area contributed by atoms with Crippen LogP contribution in [-0.2, 0) is 17.8 Å². The number of rotatable bonds is 5. The fraction of sp³-hybridized carbons (Fsp3) is 0.211. The summed E-state index contributed by atoms with van der Waals surface area (Å²) < 4.78 is 13.7. The second-order valence-corrected chi connectivity index (χ2v) is 7.51. The number of para-hydroxylation sites is 1. The summed E-state index contributed by atoms with van der Waals surface area (Å²) in [5, 5.41) is 5.82. The average molecular weight is 412 g/mol. The number of aromatic nitrogens is 3. The molecule has 3 heterocycles. The monoisotopic (exact) mass is 412 g/mol. The van der Waals surface area contributed by atoms with Crippen LogP contribution in [-0.4, -0.2) is 44.8 Å². The van der Waals surface area contributed by atoms with Crippen molar-refractivity contribution in [2.24, 2.45) is 0 Å². The van der Waals surface area contributed by atoms with Gasteiger partial charge in [0.2, 0.25) is 5.91 Å². The molecule has 2 aromatic heterocycles. The molecule has 0 saturated carbocycles.